The molecule has 0 aromatic carbocycles. The number of carbonyl (C=O) groups is 2. The van der Waals surface area contributed by atoms with Gasteiger partial charge >= 0.3 is 0 Å². The Balaban J connectivity index is 1.91. The zero-order valence-corrected chi connectivity index (χ0v) is 13.5. The summed E-state index contributed by atoms with van der Waals surface area (Å²) >= 11 is 1.44. The molecule has 2 rings (SSSR count). The van der Waals surface area contributed by atoms with Gasteiger partial charge in [0.05, 0.1) is 5.69 Å². The minimum Gasteiger partial charge on any atom is -0.375 e. The van der Waals surface area contributed by atoms with E-state index in [0.717, 1.165) is 23.4 Å². The highest BCUT2D eigenvalue weighted by atomic mass is 32.1. The van der Waals surface area contributed by atoms with Gasteiger partial charge in [-0.2, -0.15) is 0 Å². The molecule has 0 radical (unpaired) electrons. The summed E-state index contributed by atoms with van der Waals surface area (Å²) in [6.07, 6.45) is 2.26. The lowest BCUT2D eigenvalue weighted by atomic mass is 10.3. The zero-order chi connectivity index (χ0) is 15.4. The topological polar surface area (TPSA) is 71.5 Å². The second-order valence-electron chi connectivity index (χ2n) is 5.36. The van der Waals surface area contributed by atoms with Crippen molar-refractivity contribution in [2.45, 2.75) is 26.7 Å². The highest BCUT2D eigenvalue weighted by molar-refractivity contribution is 7.15. The van der Waals surface area contributed by atoms with Crippen LogP contribution in [0.4, 0.5) is 5.13 Å². The number of thiazole rings is 1. The van der Waals surface area contributed by atoms with Crippen molar-refractivity contribution in [3.63, 3.8) is 0 Å². The molecule has 0 bridgehead atoms. The molecule has 0 unspecified atom stereocenters. The van der Waals surface area contributed by atoms with Crippen molar-refractivity contribution in [3.8, 4) is 0 Å². The molecule has 21 heavy (non-hydrogen) atoms. The van der Waals surface area contributed by atoms with Crippen LogP contribution in [0.5, 0.6) is 0 Å². The number of hydrogen-bond donors (Lipinski definition) is 1. The van der Waals surface area contributed by atoms with Crippen molar-refractivity contribution < 1.29 is 14.3 Å². The molecule has 1 aliphatic rings. The molecule has 2 amide bonds. The quantitative estimate of drug-likeness (QED) is 0.830. The van der Waals surface area contributed by atoms with Crippen LogP contribution in [0.1, 0.15) is 23.4 Å². The van der Waals surface area contributed by atoms with Crippen LogP contribution in [0.2, 0.25) is 0 Å². The number of amides is 2. The van der Waals surface area contributed by atoms with Gasteiger partial charge in [0.15, 0.2) is 5.13 Å². The number of methoxy groups -OCH3 is 1. The maximum Gasteiger partial charge on any atom is 0.249 e. The Morgan fingerprint density at radius 2 is 2.14 bits per heavy atom. The summed E-state index contributed by atoms with van der Waals surface area (Å²) in [5.41, 5.74) is 0.917. The number of carbonyl (C=O) groups excluding carboxylic acids is 2. The summed E-state index contributed by atoms with van der Waals surface area (Å²) < 4.78 is 4.87. The average Bonchev–Trinajstić information content (AvgIpc) is 3.16. The van der Waals surface area contributed by atoms with E-state index in [1.165, 1.54) is 18.4 Å². The van der Waals surface area contributed by atoms with Gasteiger partial charge in [-0.25, -0.2) is 4.98 Å². The molecule has 0 atom stereocenters. The van der Waals surface area contributed by atoms with Gasteiger partial charge in [-0.15, -0.1) is 11.3 Å². The van der Waals surface area contributed by atoms with E-state index >= 15 is 0 Å². The van der Waals surface area contributed by atoms with Gasteiger partial charge in [-0.3, -0.25) is 9.59 Å². The van der Waals surface area contributed by atoms with E-state index in [1.54, 1.807) is 4.90 Å². The molecule has 1 aliphatic carbocycles. The molecule has 1 aromatic rings. The van der Waals surface area contributed by atoms with Crippen molar-refractivity contribution in [1.29, 1.82) is 0 Å². The largest absolute Gasteiger partial charge is 0.375 e. The Labute approximate surface area is 128 Å². The third kappa shape index (κ3) is 4.78. The van der Waals surface area contributed by atoms with Crippen LogP contribution in [-0.2, 0) is 14.3 Å². The molecule has 0 spiro atoms. The van der Waals surface area contributed by atoms with Crippen LogP contribution in [0.25, 0.3) is 0 Å². The lowest BCUT2D eigenvalue weighted by Crippen LogP contribution is -2.41. The van der Waals surface area contributed by atoms with Crippen LogP contribution in [0, 0.1) is 19.8 Å². The Morgan fingerprint density at radius 1 is 1.43 bits per heavy atom. The highest BCUT2D eigenvalue weighted by Gasteiger charge is 2.28. The predicted octanol–water partition coefficient (Wildman–Crippen LogP) is 1.58. The smallest absolute Gasteiger partial charge is 0.249 e. The maximum atomic E-state index is 12.1. The monoisotopic (exact) mass is 311 g/mol. The molecule has 1 saturated carbocycles. The van der Waals surface area contributed by atoms with E-state index in [0.29, 0.717) is 17.6 Å². The van der Waals surface area contributed by atoms with Gasteiger partial charge in [0.2, 0.25) is 11.8 Å². The normalized spacial score (nSPS) is 14.0. The molecule has 1 fully saturated rings. The number of anilines is 1. The average molecular weight is 311 g/mol. The molecule has 0 aliphatic heterocycles. The van der Waals surface area contributed by atoms with Crippen LogP contribution < -0.4 is 5.32 Å². The molecule has 1 N–H and O–H groups in total. The highest BCUT2D eigenvalue weighted by Crippen LogP contribution is 2.29. The Kier molecular flexibility index (Phi) is 5.30. The summed E-state index contributed by atoms with van der Waals surface area (Å²) in [5.74, 6) is 0.169. The number of ether oxygens (including phenoxy) is 1. The van der Waals surface area contributed by atoms with E-state index in [1.807, 2.05) is 13.8 Å². The fraction of sp³-hybridized carbons (Fsp3) is 0.643. The van der Waals surface area contributed by atoms with Gasteiger partial charge in [-0.05, 0) is 32.6 Å². The van der Waals surface area contributed by atoms with Gasteiger partial charge in [-0.1, -0.05) is 0 Å². The fourth-order valence-corrected chi connectivity index (χ4v) is 2.77. The lowest BCUT2D eigenvalue weighted by molar-refractivity contribution is -0.138. The summed E-state index contributed by atoms with van der Waals surface area (Å²) in [7, 11) is 1.48. The molecule has 6 nitrogen and oxygen atoms in total. The SMILES string of the molecule is COCC(=O)N(CC(=O)Nc1nc(C)c(C)s1)CC1CC1. The van der Waals surface area contributed by atoms with Crippen LogP contribution in [0.3, 0.4) is 0 Å². The van der Waals surface area contributed by atoms with Crippen LogP contribution in [-0.4, -0.2) is 48.5 Å². The van der Waals surface area contributed by atoms with E-state index in [-0.39, 0.29) is 25.0 Å². The van der Waals surface area contributed by atoms with Crippen molar-refractivity contribution in [3.05, 3.63) is 10.6 Å². The number of hydrogen-bond acceptors (Lipinski definition) is 5. The summed E-state index contributed by atoms with van der Waals surface area (Å²) in [4.78, 5) is 31.0. The van der Waals surface area contributed by atoms with Crippen molar-refractivity contribution >= 4 is 28.3 Å². The molecule has 0 saturated heterocycles. The first kappa shape index (κ1) is 15.9. The van der Waals surface area contributed by atoms with Crippen molar-refractivity contribution in [1.82, 2.24) is 9.88 Å². The third-order valence-electron chi connectivity index (χ3n) is 3.41. The number of aromatic nitrogens is 1. The fourth-order valence-electron chi connectivity index (χ4n) is 1.94. The number of nitrogens with one attached hydrogen (secondary N) is 1. The minimum atomic E-state index is -0.214. The van der Waals surface area contributed by atoms with Gasteiger partial charge in [0.1, 0.15) is 13.2 Å². The third-order valence-corrected chi connectivity index (χ3v) is 4.39. The molecule has 1 heterocycles. The van der Waals surface area contributed by atoms with Crippen molar-refractivity contribution in [2.75, 3.05) is 32.1 Å². The molecule has 1 aromatic heterocycles. The first-order valence-electron chi connectivity index (χ1n) is 7.00. The summed E-state index contributed by atoms with van der Waals surface area (Å²) in [6, 6.07) is 0. The second kappa shape index (κ2) is 7.00. The first-order valence-corrected chi connectivity index (χ1v) is 7.82. The Bertz CT molecular complexity index is 506. The van der Waals surface area contributed by atoms with Crippen LogP contribution >= 0.6 is 11.3 Å². The van der Waals surface area contributed by atoms with Gasteiger partial charge in [0.25, 0.3) is 0 Å². The summed E-state index contributed by atoms with van der Waals surface area (Å²) in [5, 5.41) is 3.34. The standard InChI is InChI=1S/C14H21N3O3S/c1-9-10(2)21-14(15-9)16-12(18)7-17(6-11-4-5-11)13(19)8-20-3/h11H,4-8H2,1-3H3,(H,15,16,18). The Morgan fingerprint density at radius 3 is 2.67 bits per heavy atom. The number of nitrogens with zero attached hydrogens (tertiary/aromatic N) is 2. The summed E-state index contributed by atoms with van der Waals surface area (Å²) in [6.45, 7) is 4.56. The molecule has 7 heteroatoms. The number of rotatable bonds is 7. The van der Waals surface area contributed by atoms with E-state index < -0.39 is 0 Å². The van der Waals surface area contributed by atoms with E-state index in [4.69, 9.17) is 4.74 Å². The maximum absolute atomic E-state index is 12.1. The molecular weight excluding hydrogens is 290 g/mol. The lowest BCUT2D eigenvalue weighted by Gasteiger charge is -2.21. The first-order chi connectivity index (χ1) is 9.99. The second-order valence-corrected chi connectivity index (χ2v) is 6.56. The number of aryl methyl sites for hydroxylation is 2. The molecule has 116 valence electrons. The predicted molar refractivity (Wildman–Crippen MR) is 81.4 cm³/mol. The zero-order valence-electron chi connectivity index (χ0n) is 12.6. The molecular formula is C14H21N3O3S. The van der Waals surface area contributed by atoms with Crippen LogP contribution in [0.15, 0.2) is 0 Å². The van der Waals surface area contributed by atoms with Gasteiger partial charge < -0.3 is 15.0 Å². The van der Waals surface area contributed by atoms with E-state index in [9.17, 15) is 9.59 Å². The van der Waals surface area contributed by atoms with Gasteiger partial charge in [0, 0.05) is 18.5 Å². The van der Waals surface area contributed by atoms with E-state index in [2.05, 4.69) is 10.3 Å². The minimum absolute atomic E-state index is 0.00939. The van der Waals surface area contributed by atoms with Crippen molar-refractivity contribution in [2.24, 2.45) is 5.92 Å². The Hall–Kier alpha value is -1.47.